The van der Waals surface area contributed by atoms with Crippen LogP contribution in [0.3, 0.4) is 0 Å². The maximum absolute atomic E-state index is 13.4. The second kappa shape index (κ2) is 5.88. The quantitative estimate of drug-likeness (QED) is 0.855. The summed E-state index contributed by atoms with van der Waals surface area (Å²) in [6.07, 6.45) is 0. The Kier molecular flexibility index (Phi) is 4.20. The maximum Gasteiger partial charge on any atom is 0.253 e. The summed E-state index contributed by atoms with van der Waals surface area (Å²) in [7, 11) is 0. The highest BCUT2D eigenvalue weighted by atomic mass is 35.5. The Morgan fingerprint density at radius 2 is 1.95 bits per heavy atom. The van der Waals surface area contributed by atoms with Gasteiger partial charge in [0, 0.05) is 22.8 Å². The lowest BCUT2D eigenvalue weighted by Gasteiger charge is -2.09. The smallest absolute Gasteiger partial charge is 0.253 e. The summed E-state index contributed by atoms with van der Waals surface area (Å²) in [6, 6.07) is 7.51. The average molecular weight is 297 g/mol. The van der Waals surface area contributed by atoms with Gasteiger partial charge in [0.25, 0.3) is 5.91 Å². The van der Waals surface area contributed by atoms with Crippen LogP contribution >= 0.6 is 11.6 Å². The van der Waals surface area contributed by atoms with Crippen molar-refractivity contribution in [3.8, 4) is 0 Å². The third-order valence-electron chi connectivity index (χ3n) is 2.71. The molecule has 0 unspecified atom stereocenters. The molecule has 0 atom stereocenters. The van der Waals surface area contributed by atoms with E-state index in [1.165, 1.54) is 12.1 Å². The standard InChI is InChI=1S/C14H11ClF2N2O/c15-9-1-4-13(18)11(6-9)14(20)19-7-8-5-10(16)2-3-12(8)17/h1-6H,7,18H2,(H,19,20). The molecule has 2 rings (SSSR count). The second-order valence-electron chi connectivity index (χ2n) is 4.15. The van der Waals surface area contributed by atoms with E-state index < -0.39 is 17.5 Å². The van der Waals surface area contributed by atoms with E-state index in [9.17, 15) is 13.6 Å². The number of nitrogens with two attached hydrogens (primary N) is 1. The zero-order chi connectivity index (χ0) is 14.7. The van der Waals surface area contributed by atoms with Crippen LogP contribution < -0.4 is 11.1 Å². The number of halogens is 3. The van der Waals surface area contributed by atoms with Gasteiger partial charge in [-0.25, -0.2) is 8.78 Å². The number of rotatable bonds is 3. The number of amides is 1. The van der Waals surface area contributed by atoms with Gasteiger partial charge in [0.1, 0.15) is 11.6 Å². The largest absolute Gasteiger partial charge is 0.398 e. The van der Waals surface area contributed by atoms with Crippen molar-refractivity contribution in [2.45, 2.75) is 6.54 Å². The van der Waals surface area contributed by atoms with E-state index in [0.29, 0.717) is 5.02 Å². The van der Waals surface area contributed by atoms with Gasteiger partial charge in [-0.05, 0) is 36.4 Å². The number of anilines is 1. The molecule has 2 aromatic rings. The molecule has 0 saturated carbocycles. The van der Waals surface area contributed by atoms with Crippen LogP contribution in [0.25, 0.3) is 0 Å². The molecule has 0 radical (unpaired) electrons. The van der Waals surface area contributed by atoms with Gasteiger partial charge in [-0.1, -0.05) is 11.6 Å². The lowest BCUT2D eigenvalue weighted by atomic mass is 10.1. The van der Waals surface area contributed by atoms with Crippen LogP contribution in [-0.4, -0.2) is 5.91 Å². The van der Waals surface area contributed by atoms with Gasteiger partial charge in [0.05, 0.1) is 5.56 Å². The third-order valence-corrected chi connectivity index (χ3v) is 2.94. The van der Waals surface area contributed by atoms with Crippen molar-refractivity contribution in [3.05, 3.63) is 64.2 Å². The van der Waals surface area contributed by atoms with Crippen LogP contribution in [0.4, 0.5) is 14.5 Å². The van der Waals surface area contributed by atoms with E-state index in [-0.39, 0.29) is 23.4 Å². The van der Waals surface area contributed by atoms with Crippen LogP contribution in [0.1, 0.15) is 15.9 Å². The molecule has 104 valence electrons. The Morgan fingerprint density at radius 1 is 1.20 bits per heavy atom. The molecule has 0 saturated heterocycles. The zero-order valence-corrected chi connectivity index (χ0v) is 11.0. The van der Waals surface area contributed by atoms with Gasteiger partial charge in [-0.15, -0.1) is 0 Å². The first-order valence-corrected chi connectivity index (χ1v) is 6.12. The van der Waals surface area contributed by atoms with Gasteiger partial charge in [0.15, 0.2) is 0 Å². The molecular formula is C14H11ClF2N2O. The van der Waals surface area contributed by atoms with Crippen molar-refractivity contribution in [2.24, 2.45) is 0 Å². The molecule has 0 heterocycles. The van der Waals surface area contributed by atoms with Gasteiger partial charge < -0.3 is 11.1 Å². The Morgan fingerprint density at radius 3 is 2.70 bits per heavy atom. The average Bonchev–Trinajstić information content (AvgIpc) is 2.42. The van der Waals surface area contributed by atoms with Crippen molar-refractivity contribution in [2.75, 3.05) is 5.73 Å². The van der Waals surface area contributed by atoms with Crippen molar-refractivity contribution in [1.82, 2.24) is 5.32 Å². The van der Waals surface area contributed by atoms with Crippen LogP contribution in [0, 0.1) is 11.6 Å². The first kappa shape index (κ1) is 14.3. The predicted molar refractivity (Wildman–Crippen MR) is 73.4 cm³/mol. The lowest BCUT2D eigenvalue weighted by molar-refractivity contribution is 0.0951. The molecule has 0 aliphatic heterocycles. The molecule has 0 aliphatic rings. The fourth-order valence-electron chi connectivity index (χ4n) is 1.67. The molecule has 0 spiro atoms. The summed E-state index contributed by atoms with van der Waals surface area (Å²) >= 11 is 5.78. The highest BCUT2D eigenvalue weighted by molar-refractivity contribution is 6.31. The van der Waals surface area contributed by atoms with Crippen LogP contribution in [0.15, 0.2) is 36.4 Å². The topological polar surface area (TPSA) is 55.1 Å². The maximum atomic E-state index is 13.4. The van der Waals surface area contributed by atoms with Gasteiger partial charge in [-0.3, -0.25) is 4.79 Å². The Bertz CT molecular complexity index is 662. The molecule has 0 fully saturated rings. The second-order valence-corrected chi connectivity index (χ2v) is 4.59. The first-order valence-electron chi connectivity index (χ1n) is 5.74. The van der Waals surface area contributed by atoms with Crippen LogP contribution in [0.5, 0.6) is 0 Å². The van der Waals surface area contributed by atoms with Crippen molar-refractivity contribution in [3.63, 3.8) is 0 Å². The van der Waals surface area contributed by atoms with E-state index in [2.05, 4.69) is 5.32 Å². The monoisotopic (exact) mass is 296 g/mol. The number of carbonyl (C=O) groups excluding carboxylic acids is 1. The SMILES string of the molecule is Nc1ccc(Cl)cc1C(=O)NCc1cc(F)ccc1F. The van der Waals surface area contributed by atoms with Gasteiger partial charge in [-0.2, -0.15) is 0 Å². The number of benzene rings is 2. The van der Waals surface area contributed by atoms with E-state index in [1.54, 1.807) is 6.07 Å². The minimum Gasteiger partial charge on any atom is -0.398 e. The third kappa shape index (κ3) is 3.24. The van der Waals surface area contributed by atoms with Crippen LogP contribution in [-0.2, 0) is 6.54 Å². The van der Waals surface area contributed by atoms with E-state index in [4.69, 9.17) is 17.3 Å². The number of hydrogen-bond donors (Lipinski definition) is 2. The highest BCUT2D eigenvalue weighted by Gasteiger charge is 2.11. The molecule has 20 heavy (non-hydrogen) atoms. The summed E-state index contributed by atoms with van der Waals surface area (Å²) in [6.45, 7) is -0.144. The van der Waals surface area contributed by atoms with Crippen molar-refractivity contribution >= 4 is 23.2 Å². The zero-order valence-electron chi connectivity index (χ0n) is 10.3. The highest BCUT2D eigenvalue weighted by Crippen LogP contribution is 2.18. The molecule has 2 aromatic carbocycles. The molecule has 3 nitrogen and oxygen atoms in total. The fourth-order valence-corrected chi connectivity index (χ4v) is 1.85. The fraction of sp³-hybridized carbons (Fsp3) is 0.0714. The van der Waals surface area contributed by atoms with Gasteiger partial charge in [0.2, 0.25) is 0 Å². The number of nitrogen functional groups attached to an aromatic ring is 1. The summed E-state index contributed by atoms with van der Waals surface area (Å²) in [4.78, 5) is 11.9. The molecule has 0 bridgehead atoms. The molecule has 0 aromatic heterocycles. The van der Waals surface area contributed by atoms with E-state index in [1.807, 2.05) is 0 Å². The summed E-state index contributed by atoms with van der Waals surface area (Å²) < 4.78 is 26.4. The molecule has 1 amide bonds. The molecule has 0 aliphatic carbocycles. The normalized spacial score (nSPS) is 10.3. The molecule has 3 N–H and O–H groups in total. The molecule has 6 heteroatoms. The number of hydrogen-bond acceptors (Lipinski definition) is 2. The van der Waals surface area contributed by atoms with Crippen molar-refractivity contribution in [1.29, 1.82) is 0 Å². The van der Waals surface area contributed by atoms with Crippen molar-refractivity contribution < 1.29 is 13.6 Å². The summed E-state index contributed by atoms with van der Waals surface area (Å²) in [5.41, 5.74) is 6.16. The minimum atomic E-state index is -0.592. The Labute approximate surface area is 119 Å². The predicted octanol–water partition coefficient (Wildman–Crippen LogP) is 3.13. The first-order chi connectivity index (χ1) is 9.47. The lowest BCUT2D eigenvalue weighted by Crippen LogP contribution is -2.24. The Hall–Kier alpha value is -2.14. The van der Waals surface area contributed by atoms with Gasteiger partial charge >= 0.3 is 0 Å². The minimum absolute atomic E-state index is 0.0546. The number of carbonyl (C=O) groups is 1. The summed E-state index contributed by atoms with van der Waals surface area (Å²) in [5, 5.41) is 2.83. The van der Waals surface area contributed by atoms with Crippen LogP contribution in [0.2, 0.25) is 5.02 Å². The Balaban J connectivity index is 2.12. The van der Waals surface area contributed by atoms with E-state index >= 15 is 0 Å². The molecular weight excluding hydrogens is 286 g/mol. The number of nitrogens with one attached hydrogen (secondary N) is 1. The summed E-state index contributed by atoms with van der Waals surface area (Å²) in [5.74, 6) is -1.67. The van der Waals surface area contributed by atoms with E-state index in [0.717, 1.165) is 18.2 Å².